The van der Waals surface area contributed by atoms with Crippen LogP contribution in [0.5, 0.6) is 0 Å². The average molecular weight is 599 g/mol. The molecule has 216 valence electrons. The van der Waals surface area contributed by atoms with Crippen LogP contribution in [0.2, 0.25) is 5.02 Å². The van der Waals surface area contributed by atoms with Crippen LogP contribution in [0.4, 0.5) is 18.9 Å². The van der Waals surface area contributed by atoms with E-state index in [1.54, 1.807) is 4.90 Å². The average Bonchev–Trinajstić information content (AvgIpc) is 3.18. The molecule has 2 amide bonds. The number of sulfone groups is 1. The van der Waals surface area contributed by atoms with Crippen molar-refractivity contribution >= 4 is 38.9 Å². The number of ether oxygens (including phenoxy) is 1. The summed E-state index contributed by atoms with van der Waals surface area (Å²) in [5, 5.41) is 1.41. The summed E-state index contributed by atoms with van der Waals surface area (Å²) in [5.41, 5.74) is -1.87. The van der Waals surface area contributed by atoms with Crippen molar-refractivity contribution in [3.8, 4) is 0 Å². The molecule has 2 aliphatic carbocycles. The Morgan fingerprint density at radius 3 is 2.30 bits per heavy atom. The number of benzene rings is 2. The molecule has 5 rings (SSSR count). The summed E-state index contributed by atoms with van der Waals surface area (Å²) in [4.78, 5) is 26.7. The lowest BCUT2D eigenvalue weighted by atomic mass is 9.73. The second kappa shape index (κ2) is 9.73. The highest BCUT2D eigenvalue weighted by Crippen LogP contribution is 2.60. The molecule has 0 aromatic heterocycles. The molecule has 1 saturated heterocycles. The van der Waals surface area contributed by atoms with Crippen molar-refractivity contribution < 1.29 is 35.9 Å². The molecule has 1 aliphatic heterocycles. The van der Waals surface area contributed by atoms with E-state index in [4.69, 9.17) is 16.3 Å². The second-order valence-corrected chi connectivity index (χ2v) is 14.2. The molecule has 3 aliphatic rings. The van der Waals surface area contributed by atoms with Crippen LogP contribution in [-0.2, 0) is 19.4 Å². The maximum Gasteiger partial charge on any atom is 0.255 e. The van der Waals surface area contributed by atoms with Crippen LogP contribution >= 0.6 is 11.6 Å². The largest absolute Gasteiger partial charge is 0.347 e. The van der Waals surface area contributed by atoms with Gasteiger partial charge in [0.1, 0.15) is 5.72 Å². The van der Waals surface area contributed by atoms with E-state index in [2.05, 4.69) is 12.2 Å². The number of carbonyl (C=O) groups excluding carboxylic acids is 2. The van der Waals surface area contributed by atoms with Crippen LogP contribution in [0, 0.1) is 35.2 Å². The van der Waals surface area contributed by atoms with Gasteiger partial charge in [-0.3, -0.25) is 9.59 Å². The Morgan fingerprint density at radius 1 is 1.07 bits per heavy atom. The van der Waals surface area contributed by atoms with Gasteiger partial charge in [0.25, 0.3) is 5.91 Å². The van der Waals surface area contributed by atoms with Crippen molar-refractivity contribution in [3.63, 3.8) is 0 Å². The molecule has 2 saturated carbocycles. The molecule has 2 aromatic carbocycles. The van der Waals surface area contributed by atoms with Crippen molar-refractivity contribution in [3.05, 3.63) is 58.4 Å². The lowest BCUT2D eigenvalue weighted by Gasteiger charge is -2.43. The lowest BCUT2D eigenvalue weighted by Crippen LogP contribution is -2.51. The molecule has 3 unspecified atom stereocenters. The minimum Gasteiger partial charge on any atom is -0.347 e. The molecule has 12 heteroatoms. The number of nitrogens with one attached hydrogen (secondary N) is 1. The van der Waals surface area contributed by atoms with E-state index < -0.39 is 49.8 Å². The third kappa shape index (κ3) is 4.59. The number of halogens is 4. The first kappa shape index (κ1) is 28.9. The zero-order valence-electron chi connectivity index (χ0n) is 22.4. The summed E-state index contributed by atoms with van der Waals surface area (Å²) in [7, 11) is -4.01. The minimum atomic E-state index is -4.01. The van der Waals surface area contributed by atoms with E-state index in [-0.39, 0.29) is 44.8 Å². The number of amides is 2. The van der Waals surface area contributed by atoms with Gasteiger partial charge in [0.15, 0.2) is 27.3 Å². The van der Waals surface area contributed by atoms with Gasteiger partial charge >= 0.3 is 0 Å². The first-order valence-corrected chi connectivity index (χ1v) is 15.0. The molecular weight excluding hydrogens is 569 g/mol. The number of hydrogen-bond donors (Lipinski definition) is 1. The van der Waals surface area contributed by atoms with Crippen molar-refractivity contribution in [2.24, 2.45) is 17.8 Å². The number of anilines is 1. The van der Waals surface area contributed by atoms with E-state index in [0.29, 0.717) is 31.5 Å². The maximum atomic E-state index is 13.9. The first-order chi connectivity index (χ1) is 18.6. The summed E-state index contributed by atoms with van der Waals surface area (Å²) in [6.07, 6.45) is 1.38. The lowest BCUT2D eigenvalue weighted by molar-refractivity contribution is -0.165. The predicted molar refractivity (Wildman–Crippen MR) is 142 cm³/mol. The smallest absolute Gasteiger partial charge is 0.255 e. The monoisotopic (exact) mass is 598 g/mol. The normalized spacial score (nSPS) is 29.1. The van der Waals surface area contributed by atoms with Gasteiger partial charge in [-0.1, -0.05) is 18.5 Å². The topological polar surface area (TPSA) is 92.8 Å². The van der Waals surface area contributed by atoms with Crippen LogP contribution in [0.3, 0.4) is 0 Å². The van der Waals surface area contributed by atoms with Crippen molar-refractivity contribution in [1.82, 2.24) is 4.90 Å². The molecule has 2 aromatic rings. The zero-order chi connectivity index (χ0) is 29.4. The van der Waals surface area contributed by atoms with Crippen LogP contribution < -0.4 is 5.32 Å². The first-order valence-electron chi connectivity index (χ1n) is 13.0. The van der Waals surface area contributed by atoms with E-state index in [1.165, 1.54) is 19.1 Å². The Kier molecular flexibility index (Phi) is 7.03. The van der Waals surface area contributed by atoms with Gasteiger partial charge in [0, 0.05) is 30.3 Å². The Balaban J connectivity index is 1.41. The van der Waals surface area contributed by atoms with Gasteiger partial charge in [-0.25, -0.2) is 21.6 Å². The van der Waals surface area contributed by atoms with Crippen LogP contribution in [0.25, 0.3) is 0 Å². The predicted octanol–water partition coefficient (Wildman–Crippen LogP) is 5.57. The SMILES string of the molecule is CC(=O)N1C[C@@]2(OC1(C)C)C1CC(S(=O)(=O)c3cc(C(=O)Nc4cc(F)c(F)c(F)c4)ccc3Cl)CC2[C@@H](C)C1. The van der Waals surface area contributed by atoms with E-state index in [9.17, 15) is 31.2 Å². The van der Waals surface area contributed by atoms with Crippen molar-refractivity contribution in [2.75, 3.05) is 11.9 Å². The highest BCUT2D eigenvalue weighted by molar-refractivity contribution is 7.92. The molecule has 7 nitrogen and oxygen atoms in total. The summed E-state index contributed by atoms with van der Waals surface area (Å²) in [6.45, 7) is 7.68. The fourth-order valence-electron chi connectivity index (χ4n) is 7.03. The Hall–Kier alpha value is -2.63. The zero-order valence-corrected chi connectivity index (χ0v) is 24.0. The summed E-state index contributed by atoms with van der Waals surface area (Å²) in [5.74, 6) is -5.60. The molecule has 0 radical (unpaired) electrons. The third-order valence-corrected chi connectivity index (χ3v) is 11.4. The van der Waals surface area contributed by atoms with Gasteiger partial charge in [-0.15, -0.1) is 0 Å². The van der Waals surface area contributed by atoms with Crippen LogP contribution in [-0.4, -0.2) is 48.3 Å². The summed E-state index contributed by atoms with van der Waals surface area (Å²) in [6, 6.07) is 4.96. The maximum absolute atomic E-state index is 13.9. The quantitative estimate of drug-likeness (QED) is 0.465. The number of nitrogens with zero attached hydrogens (tertiary/aromatic N) is 1. The van der Waals surface area contributed by atoms with E-state index >= 15 is 0 Å². The molecule has 5 atom stereocenters. The molecule has 1 heterocycles. The highest BCUT2D eigenvalue weighted by atomic mass is 35.5. The Labute approximate surface area is 235 Å². The number of hydrogen-bond acceptors (Lipinski definition) is 5. The van der Waals surface area contributed by atoms with Crippen LogP contribution in [0.1, 0.15) is 57.3 Å². The molecule has 2 bridgehead atoms. The fourth-order valence-corrected chi connectivity index (χ4v) is 9.41. The summed E-state index contributed by atoms with van der Waals surface area (Å²) >= 11 is 6.33. The van der Waals surface area contributed by atoms with Gasteiger partial charge in [0.05, 0.1) is 27.3 Å². The number of carbonyl (C=O) groups is 2. The van der Waals surface area contributed by atoms with E-state index in [0.717, 1.165) is 12.5 Å². The Morgan fingerprint density at radius 2 is 1.73 bits per heavy atom. The Bertz CT molecular complexity index is 1490. The summed E-state index contributed by atoms with van der Waals surface area (Å²) < 4.78 is 74.9. The highest BCUT2D eigenvalue weighted by Gasteiger charge is 2.66. The van der Waals surface area contributed by atoms with Crippen LogP contribution in [0.15, 0.2) is 35.2 Å². The molecular formula is C28H30ClF3N2O5S. The van der Waals surface area contributed by atoms with Gasteiger partial charge in [0.2, 0.25) is 5.91 Å². The van der Waals surface area contributed by atoms with Gasteiger partial charge < -0.3 is 15.0 Å². The van der Waals surface area contributed by atoms with Gasteiger partial charge in [-0.2, -0.15) is 0 Å². The van der Waals surface area contributed by atoms with E-state index in [1.807, 2.05) is 13.8 Å². The number of rotatable bonds is 4. The van der Waals surface area contributed by atoms with Gasteiger partial charge in [-0.05, 0) is 69.1 Å². The molecule has 3 fully saturated rings. The second-order valence-electron chi connectivity index (χ2n) is 11.6. The molecule has 1 spiro atoms. The molecule has 1 N–H and O–H groups in total. The third-order valence-electron chi connectivity index (χ3n) is 8.78. The standard InChI is InChI=1S/C28H30ClF3N2O5S/c1-14-7-17-9-19(12-20(14)28(17)13-34(15(2)35)27(3,4)39-28)40(37,38)24-8-16(5-6-21(24)29)26(36)33-18-10-22(30)25(32)23(31)11-18/h5-6,8,10-11,14,17,19-20H,7,9,12-13H2,1-4H3,(H,33,36)/t14-,17?,19?,20?,28+/m0/s1. The minimum absolute atomic E-state index is 0.0582. The molecule has 40 heavy (non-hydrogen) atoms. The van der Waals surface area contributed by atoms with Crippen molar-refractivity contribution in [2.45, 2.75) is 68.4 Å². The fraction of sp³-hybridized carbons (Fsp3) is 0.500. The van der Waals surface area contributed by atoms with Crippen molar-refractivity contribution in [1.29, 1.82) is 0 Å².